The van der Waals surface area contributed by atoms with Gasteiger partial charge in [0, 0.05) is 0 Å². The third-order valence-electron chi connectivity index (χ3n) is 4.69. The van der Waals surface area contributed by atoms with E-state index in [-0.39, 0.29) is 0 Å². The lowest BCUT2D eigenvalue weighted by atomic mass is 10.0. The molecule has 0 saturated heterocycles. The van der Waals surface area contributed by atoms with Gasteiger partial charge in [0.15, 0.2) is 0 Å². The lowest BCUT2D eigenvalue weighted by Crippen LogP contribution is -1.81. The average molecular weight is 417 g/mol. The van der Waals surface area contributed by atoms with E-state index in [9.17, 15) is 0 Å². The van der Waals surface area contributed by atoms with Gasteiger partial charge < -0.3 is 0 Å². The lowest BCUT2D eigenvalue weighted by Gasteiger charge is -2.02. The zero-order valence-electron chi connectivity index (χ0n) is 21.4. The Morgan fingerprint density at radius 3 is 1.45 bits per heavy atom. The van der Waals surface area contributed by atoms with Gasteiger partial charge in [-0.05, 0) is 56.9 Å². The Kier molecular flexibility index (Phi) is 15.7. The van der Waals surface area contributed by atoms with Crippen LogP contribution in [0.2, 0.25) is 0 Å². The summed E-state index contributed by atoms with van der Waals surface area (Å²) in [5.41, 5.74) is 7.06. The number of hydrogen-bond donors (Lipinski definition) is 0. The summed E-state index contributed by atoms with van der Waals surface area (Å²) >= 11 is 0. The van der Waals surface area contributed by atoms with Crippen LogP contribution in [0.5, 0.6) is 0 Å². The van der Waals surface area contributed by atoms with E-state index in [0.29, 0.717) is 0 Å². The predicted molar refractivity (Wildman–Crippen MR) is 144 cm³/mol. The standard InChI is InChI=1S/C12H12.C8H10.C7H10.2C2H6/c1-2-10-7-5-8-11-6-3-4-9-12(10)11;1-7-3-5-8(2)6-4-7;1-6-3-4-7(2)5-6;2*1-2/h3-9H,2H2,1H3;3-6H,1-2H3;3-4H,5H2,1-2H3;2*1-2H3. The summed E-state index contributed by atoms with van der Waals surface area (Å²) in [5.74, 6) is 0. The highest BCUT2D eigenvalue weighted by molar-refractivity contribution is 5.85. The summed E-state index contributed by atoms with van der Waals surface area (Å²) in [4.78, 5) is 0. The summed E-state index contributed by atoms with van der Waals surface area (Å²) in [7, 11) is 0. The van der Waals surface area contributed by atoms with Crippen molar-refractivity contribution in [3.05, 3.63) is 107 Å². The second-order valence-electron chi connectivity index (χ2n) is 7.35. The second kappa shape index (κ2) is 17.1. The zero-order chi connectivity index (χ0) is 23.6. The van der Waals surface area contributed by atoms with Crippen molar-refractivity contribution in [3.8, 4) is 0 Å². The van der Waals surface area contributed by atoms with E-state index in [1.165, 1.54) is 45.0 Å². The van der Waals surface area contributed by atoms with E-state index in [4.69, 9.17) is 0 Å². The SMILES string of the molecule is CC.CC.CC1=CC=C(C)C1.CCc1cccc2ccccc12.Cc1ccc(C)cc1. The topological polar surface area (TPSA) is 0 Å². The largest absolute Gasteiger partial charge is 0.0693 e. The molecule has 0 atom stereocenters. The van der Waals surface area contributed by atoms with Crippen molar-refractivity contribution in [1.29, 1.82) is 0 Å². The Bertz CT molecular complexity index is 866. The smallest absolute Gasteiger partial charge is 0.0108 e. The van der Waals surface area contributed by atoms with Crippen molar-refractivity contribution < 1.29 is 0 Å². The monoisotopic (exact) mass is 416 g/mol. The summed E-state index contributed by atoms with van der Waals surface area (Å²) in [5, 5.41) is 2.74. The average Bonchev–Trinajstić information content (AvgIpc) is 3.21. The fraction of sp³-hybridized carbons (Fsp3) is 0.355. The third-order valence-corrected chi connectivity index (χ3v) is 4.69. The number of fused-ring (bicyclic) bond motifs is 1. The quantitative estimate of drug-likeness (QED) is 0.370. The van der Waals surface area contributed by atoms with Crippen LogP contribution in [0.4, 0.5) is 0 Å². The lowest BCUT2D eigenvalue weighted by molar-refractivity contribution is 1.15. The molecule has 0 saturated carbocycles. The number of aryl methyl sites for hydroxylation is 3. The van der Waals surface area contributed by atoms with Gasteiger partial charge in [0.05, 0.1) is 0 Å². The van der Waals surface area contributed by atoms with Gasteiger partial charge in [0.1, 0.15) is 0 Å². The fourth-order valence-corrected chi connectivity index (χ4v) is 3.08. The van der Waals surface area contributed by atoms with Crippen molar-refractivity contribution in [1.82, 2.24) is 0 Å². The molecule has 168 valence electrons. The molecular weight excluding hydrogens is 372 g/mol. The molecule has 1 aliphatic rings. The van der Waals surface area contributed by atoms with Gasteiger partial charge in [0.25, 0.3) is 0 Å². The van der Waals surface area contributed by atoms with Crippen molar-refractivity contribution in [3.63, 3.8) is 0 Å². The Hall–Kier alpha value is -2.60. The molecule has 0 heterocycles. The van der Waals surface area contributed by atoms with Crippen LogP contribution in [0.25, 0.3) is 10.8 Å². The molecule has 0 fully saturated rings. The van der Waals surface area contributed by atoms with Crippen LogP contribution in [-0.2, 0) is 6.42 Å². The third kappa shape index (κ3) is 11.4. The maximum absolute atomic E-state index is 2.20. The molecule has 3 aromatic rings. The van der Waals surface area contributed by atoms with E-state index < -0.39 is 0 Å². The maximum Gasteiger partial charge on any atom is -0.0108 e. The maximum atomic E-state index is 2.20. The van der Waals surface area contributed by atoms with Crippen molar-refractivity contribution >= 4 is 10.8 Å². The van der Waals surface area contributed by atoms with Gasteiger partial charge in [0.2, 0.25) is 0 Å². The molecule has 0 N–H and O–H groups in total. The van der Waals surface area contributed by atoms with Gasteiger partial charge in [-0.25, -0.2) is 0 Å². The minimum absolute atomic E-state index is 1.11. The molecule has 0 radical (unpaired) electrons. The first-order chi connectivity index (χ1) is 15.0. The first kappa shape index (κ1) is 28.4. The van der Waals surface area contributed by atoms with Gasteiger partial charge in [-0.2, -0.15) is 0 Å². The molecule has 0 unspecified atom stereocenters. The number of benzene rings is 3. The normalized spacial score (nSPS) is 11.1. The molecule has 0 spiro atoms. The zero-order valence-corrected chi connectivity index (χ0v) is 21.4. The van der Waals surface area contributed by atoms with Crippen LogP contribution in [0.15, 0.2) is 90.0 Å². The first-order valence-electron chi connectivity index (χ1n) is 11.8. The molecule has 0 nitrogen and oxygen atoms in total. The highest BCUT2D eigenvalue weighted by atomic mass is 14.0. The van der Waals surface area contributed by atoms with E-state index in [2.05, 4.69) is 114 Å². The Morgan fingerprint density at radius 1 is 0.581 bits per heavy atom. The van der Waals surface area contributed by atoms with Gasteiger partial charge in [-0.15, -0.1) is 0 Å². The van der Waals surface area contributed by atoms with Crippen LogP contribution in [0.1, 0.15) is 71.6 Å². The van der Waals surface area contributed by atoms with E-state index in [1.54, 1.807) is 0 Å². The van der Waals surface area contributed by atoms with E-state index >= 15 is 0 Å². The number of rotatable bonds is 1. The van der Waals surface area contributed by atoms with Crippen LogP contribution < -0.4 is 0 Å². The number of hydrogen-bond acceptors (Lipinski definition) is 0. The minimum Gasteiger partial charge on any atom is -0.0693 e. The van der Waals surface area contributed by atoms with Crippen LogP contribution in [-0.4, -0.2) is 0 Å². The van der Waals surface area contributed by atoms with Gasteiger partial charge in [-0.1, -0.05) is 136 Å². The van der Waals surface area contributed by atoms with E-state index in [1.807, 2.05) is 27.7 Å². The molecule has 0 bridgehead atoms. The summed E-state index contributed by atoms with van der Waals surface area (Å²) in [6, 6.07) is 23.5. The Balaban J connectivity index is 0.000000418. The molecule has 3 aromatic carbocycles. The molecule has 0 aromatic heterocycles. The molecule has 1 aliphatic carbocycles. The van der Waals surface area contributed by atoms with E-state index in [0.717, 1.165) is 6.42 Å². The van der Waals surface area contributed by atoms with Crippen molar-refractivity contribution in [2.24, 2.45) is 0 Å². The summed E-state index contributed by atoms with van der Waals surface area (Å²) < 4.78 is 0. The molecule has 0 aliphatic heterocycles. The number of allylic oxidation sites excluding steroid dienone is 4. The molecule has 31 heavy (non-hydrogen) atoms. The Morgan fingerprint density at radius 2 is 1.03 bits per heavy atom. The highest BCUT2D eigenvalue weighted by Crippen LogP contribution is 2.18. The molecule has 0 amide bonds. The second-order valence-corrected chi connectivity index (χ2v) is 7.35. The molecule has 4 rings (SSSR count). The van der Waals surface area contributed by atoms with Crippen molar-refractivity contribution in [2.75, 3.05) is 0 Å². The van der Waals surface area contributed by atoms with Crippen LogP contribution >= 0.6 is 0 Å². The Labute approximate surface area is 192 Å². The van der Waals surface area contributed by atoms with Gasteiger partial charge >= 0.3 is 0 Å². The summed E-state index contributed by atoms with van der Waals surface area (Å²) in [6.07, 6.45) is 6.66. The summed E-state index contributed by atoms with van der Waals surface area (Å²) in [6.45, 7) is 18.7. The van der Waals surface area contributed by atoms with Crippen molar-refractivity contribution in [2.45, 2.75) is 75.2 Å². The predicted octanol–water partition coefficient (Wildman–Crippen LogP) is 10.0. The first-order valence-corrected chi connectivity index (χ1v) is 11.8. The van der Waals surface area contributed by atoms with Gasteiger partial charge in [-0.3, -0.25) is 0 Å². The molecule has 0 heteroatoms. The highest BCUT2D eigenvalue weighted by Gasteiger charge is 1.96. The molecular formula is C31H44. The minimum atomic E-state index is 1.11. The van der Waals surface area contributed by atoms with Crippen LogP contribution in [0, 0.1) is 13.8 Å². The van der Waals surface area contributed by atoms with Crippen LogP contribution in [0.3, 0.4) is 0 Å². The fourth-order valence-electron chi connectivity index (χ4n) is 3.08.